The second-order valence-corrected chi connectivity index (χ2v) is 9.67. The molecule has 10 heteroatoms. The zero-order valence-corrected chi connectivity index (χ0v) is 16.2. The predicted octanol–water partition coefficient (Wildman–Crippen LogP) is 1.86. The Morgan fingerprint density at radius 3 is 2.50 bits per heavy atom. The second-order valence-electron chi connectivity index (χ2n) is 7.63. The van der Waals surface area contributed by atoms with Crippen LogP contribution in [0.2, 0.25) is 0 Å². The summed E-state index contributed by atoms with van der Waals surface area (Å²) in [6, 6.07) is -0.0990. The first-order chi connectivity index (χ1) is 13.2. The summed E-state index contributed by atoms with van der Waals surface area (Å²) in [5.41, 5.74) is 5.65. The number of hydrogen-bond acceptors (Lipinski definition) is 4. The van der Waals surface area contributed by atoms with Crippen molar-refractivity contribution in [2.24, 2.45) is 5.73 Å². The molecular formula is C18H25F4N3O2S. The van der Waals surface area contributed by atoms with E-state index in [1.807, 2.05) is 4.90 Å². The van der Waals surface area contributed by atoms with E-state index in [1.165, 1.54) is 0 Å². The zero-order valence-electron chi connectivity index (χ0n) is 15.4. The Hall–Kier alpha value is -1.23. The SMILES string of the molecule is N[C@H](Cc1cc(F)c(F)cc1F)C(F)CN1CCCC1CNS(=O)(=O)C1CC1. The molecule has 3 rings (SSSR count). The first kappa shape index (κ1) is 21.5. The van der Waals surface area contributed by atoms with Gasteiger partial charge in [-0.1, -0.05) is 0 Å². The fourth-order valence-electron chi connectivity index (χ4n) is 3.54. The molecule has 5 nitrogen and oxygen atoms in total. The van der Waals surface area contributed by atoms with Gasteiger partial charge in [-0.3, -0.25) is 4.90 Å². The molecule has 2 aliphatic rings. The molecule has 1 heterocycles. The van der Waals surface area contributed by atoms with E-state index in [4.69, 9.17) is 5.73 Å². The van der Waals surface area contributed by atoms with E-state index in [2.05, 4.69) is 4.72 Å². The summed E-state index contributed by atoms with van der Waals surface area (Å²) in [5.74, 6) is -3.48. The fourth-order valence-corrected chi connectivity index (χ4v) is 4.95. The molecule has 3 atom stereocenters. The molecule has 0 bridgehead atoms. The molecule has 0 amide bonds. The molecule has 1 aromatic rings. The topological polar surface area (TPSA) is 75.4 Å². The summed E-state index contributed by atoms with van der Waals surface area (Å²) in [7, 11) is -3.30. The maximum atomic E-state index is 14.6. The quantitative estimate of drug-likeness (QED) is 0.470. The smallest absolute Gasteiger partial charge is 0.214 e. The maximum Gasteiger partial charge on any atom is 0.214 e. The zero-order chi connectivity index (χ0) is 20.5. The molecule has 0 radical (unpaired) electrons. The van der Waals surface area contributed by atoms with Crippen LogP contribution < -0.4 is 10.5 Å². The third-order valence-corrected chi connectivity index (χ3v) is 7.32. The number of sulfonamides is 1. The lowest BCUT2D eigenvalue weighted by molar-refractivity contribution is 0.160. The Labute approximate surface area is 162 Å². The van der Waals surface area contributed by atoms with Crippen LogP contribution in [0.3, 0.4) is 0 Å². The minimum atomic E-state index is -3.30. The van der Waals surface area contributed by atoms with Crippen LogP contribution in [0.15, 0.2) is 12.1 Å². The summed E-state index contributed by atoms with van der Waals surface area (Å²) < 4.78 is 81.2. The molecule has 158 valence electrons. The van der Waals surface area contributed by atoms with E-state index in [9.17, 15) is 26.0 Å². The number of likely N-dealkylation sites (tertiary alicyclic amines) is 1. The average Bonchev–Trinajstić information content (AvgIpc) is 3.40. The van der Waals surface area contributed by atoms with Gasteiger partial charge < -0.3 is 5.73 Å². The monoisotopic (exact) mass is 423 g/mol. The van der Waals surface area contributed by atoms with E-state index in [0.29, 0.717) is 31.5 Å². The maximum absolute atomic E-state index is 14.6. The molecule has 2 unspecified atom stereocenters. The number of hydrogen-bond donors (Lipinski definition) is 2. The Bertz CT molecular complexity index is 804. The van der Waals surface area contributed by atoms with Gasteiger partial charge in [-0.15, -0.1) is 0 Å². The van der Waals surface area contributed by atoms with Crippen molar-refractivity contribution in [1.82, 2.24) is 9.62 Å². The number of benzene rings is 1. The van der Waals surface area contributed by atoms with Gasteiger partial charge in [0.2, 0.25) is 10.0 Å². The highest BCUT2D eigenvalue weighted by molar-refractivity contribution is 7.90. The molecular weight excluding hydrogens is 398 g/mol. The van der Waals surface area contributed by atoms with Gasteiger partial charge in [-0.2, -0.15) is 0 Å². The van der Waals surface area contributed by atoms with Gasteiger partial charge in [0, 0.05) is 31.2 Å². The van der Waals surface area contributed by atoms with Crippen LogP contribution in [0.5, 0.6) is 0 Å². The molecule has 1 aromatic carbocycles. The lowest BCUT2D eigenvalue weighted by atomic mass is 10.0. The van der Waals surface area contributed by atoms with Crippen molar-refractivity contribution in [2.45, 2.75) is 55.6 Å². The van der Waals surface area contributed by atoms with Crippen LogP contribution in [0, 0.1) is 17.5 Å². The molecule has 2 fully saturated rings. The third-order valence-electron chi connectivity index (χ3n) is 5.40. The Kier molecular flexibility index (Phi) is 6.63. The molecule has 1 saturated heterocycles. The van der Waals surface area contributed by atoms with Crippen molar-refractivity contribution < 1.29 is 26.0 Å². The molecule has 1 aliphatic heterocycles. The van der Waals surface area contributed by atoms with Crippen molar-refractivity contribution in [1.29, 1.82) is 0 Å². The van der Waals surface area contributed by atoms with Crippen LogP contribution in [0.25, 0.3) is 0 Å². The fraction of sp³-hybridized carbons (Fsp3) is 0.667. The highest BCUT2D eigenvalue weighted by Crippen LogP contribution is 2.28. The van der Waals surface area contributed by atoms with Crippen LogP contribution in [-0.4, -0.2) is 56.5 Å². The minimum absolute atomic E-state index is 0.0255. The standard InChI is InChI=1S/C18H25F4N3O2S/c19-14-8-16(21)15(20)6-11(14)7-18(23)17(22)10-25-5-1-2-12(25)9-24-28(26,27)13-3-4-13/h6,8,12-13,17-18,24H,1-5,7,9-10,23H2/t12?,17?,18-/m1/s1. The van der Waals surface area contributed by atoms with Gasteiger partial charge in [-0.25, -0.2) is 30.7 Å². The predicted molar refractivity (Wildman–Crippen MR) is 97.4 cm³/mol. The minimum Gasteiger partial charge on any atom is -0.325 e. The number of nitrogens with one attached hydrogen (secondary N) is 1. The summed E-state index contributed by atoms with van der Waals surface area (Å²) >= 11 is 0. The van der Waals surface area contributed by atoms with E-state index < -0.39 is 39.7 Å². The first-order valence-electron chi connectivity index (χ1n) is 9.43. The highest BCUT2D eigenvalue weighted by Gasteiger charge is 2.37. The molecule has 1 aliphatic carbocycles. The van der Waals surface area contributed by atoms with Gasteiger partial charge in [0.15, 0.2) is 11.6 Å². The number of nitrogens with zero attached hydrogens (tertiary/aromatic N) is 1. The van der Waals surface area contributed by atoms with Crippen molar-refractivity contribution >= 4 is 10.0 Å². The first-order valence-corrected chi connectivity index (χ1v) is 11.0. The summed E-state index contributed by atoms with van der Waals surface area (Å²) in [6.07, 6.45) is 1.12. The van der Waals surface area contributed by atoms with Crippen molar-refractivity contribution in [2.75, 3.05) is 19.6 Å². The number of halogens is 4. The van der Waals surface area contributed by atoms with Crippen LogP contribution in [0.4, 0.5) is 17.6 Å². The number of alkyl halides is 1. The van der Waals surface area contributed by atoms with Gasteiger partial charge in [0.1, 0.15) is 12.0 Å². The van der Waals surface area contributed by atoms with Gasteiger partial charge in [0.25, 0.3) is 0 Å². The molecule has 1 saturated carbocycles. The molecule has 0 aromatic heterocycles. The molecule has 0 spiro atoms. The van der Waals surface area contributed by atoms with Crippen molar-refractivity contribution in [3.63, 3.8) is 0 Å². The van der Waals surface area contributed by atoms with Gasteiger partial charge in [0.05, 0.1) is 5.25 Å². The van der Waals surface area contributed by atoms with E-state index in [-0.39, 0.29) is 36.4 Å². The Morgan fingerprint density at radius 1 is 1.14 bits per heavy atom. The van der Waals surface area contributed by atoms with E-state index >= 15 is 0 Å². The normalized spacial score (nSPS) is 23.1. The van der Waals surface area contributed by atoms with Gasteiger partial charge in [-0.05, 0) is 50.3 Å². The Morgan fingerprint density at radius 2 is 1.82 bits per heavy atom. The van der Waals surface area contributed by atoms with Crippen molar-refractivity contribution in [3.8, 4) is 0 Å². The van der Waals surface area contributed by atoms with Crippen LogP contribution in [-0.2, 0) is 16.4 Å². The van der Waals surface area contributed by atoms with Crippen molar-refractivity contribution in [3.05, 3.63) is 35.1 Å². The molecule has 28 heavy (non-hydrogen) atoms. The third kappa shape index (κ3) is 5.22. The summed E-state index contributed by atoms with van der Waals surface area (Å²) in [4.78, 5) is 1.83. The number of rotatable bonds is 9. The van der Waals surface area contributed by atoms with E-state index in [0.717, 1.165) is 12.8 Å². The van der Waals surface area contributed by atoms with Crippen LogP contribution in [0.1, 0.15) is 31.2 Å². The second kappa shape index (κ2) is 8.64. The average molecular weight is 423 g/mol. The number of nitrogens with two attached hydrogens (primary N) is 1. The lowest BCUT2D eigenvalue weighted by Crippen LogP contribution is -2.47. The van der Waals surface area contributed by atoms with Crippen LogP contribution >= 0.6 is 0 Å². The molecule has 3 N–H and O–H groups in total. The lowest BCUT2D eigenvalue weighted by Gasteiger charge is -2.28. The van der Waals surface area contributed by atoms with E-state index in [1.54, 1.807) is 0 Å². The van der Waals surface area contributed by atoms with Gasteiger partial charge >= 0.3 is 0 Å². The summed E-state index contributed by atoms with van der Waals surface area (Å²) in [5, 5.41) is -0.310. The largest absolute Gasteiger partial charge is 0.325 e. The summed E-state index contributed by atoms with van der Waals surface area (Å²) in [6.45, 7) is 0.809. The Balaban J connectivity index is 1.53. The highest BCUT2D eigenvalue weighted by atomic mass is 32.2.